The van der Waals surface area contributed by atoms with Crippen molar-refractivity contribution < 1.29 is 9.21 Å². The summed E-state index contributed by atoms with van der Waals surface area (Å²) in [6.07, 6.45) is 5.28. The van der Waals surface area contributed by atoms with Gasteiger partial charge in [-0.25, -0.2) is 9.48 Å². The highest BCUT2D eigenvalue weighted by molar-refractivity contribution is 5.73. The van der Waals surface area contributed by atoms with Crippen LogP contribution in [0, 0.1) is 0 Å². The molecule has 0 fully saturated rings. The molecule has 0 radical (unpaired) electrons. The summed E-state index contributed by atoms with van der Waals surface area (Å²) in [4.78, 5) is 13.7. The molecule has 6 heteroatoms. The molecule has 3 rings (SSSR count). The van der Waals surface area contributed by atoms with E-state index in [0.717, 1.165) is 17.0 Å². The third-order valence-electron chi connectivity index (χ3n) is 3.42. The molecule has 6 nitrogen and oxygen atoms in total. The number of carbonyl (C=O) groups excluding carboxylic acids is 1. The maximum atomic E-state index is 12.1. The summed E-state index contributed by atoms with van der Waals surface area (Å²) in [5, 5.41) is 7.14. The lowest BCUT2D eigenvalue weighted by molar-refractivity contribution is 0.205. The van der Waals surface area contributed by atoms with E-state index in [0.29, 0.717) is 13.1 Å². The van der Waals surface area contributed by atoms with Crippen molar-refractivity contribution in [1.29, 1.82) is 0 Å². The van der Waals surface area contributed by atoms with Crippen molar-refractivity contribution in [2.24, 2.45) is 0 Å². The van der Waals surface area contributed by atoms with Crippen LogP contribution in [0.5, 0.6) is 0 Å². The second-order valence-corrected chi connectivity index (χ2v) is 5.22. The number of aromatic nitrogens is 2. The smallest absolute Gasteiger partial charge is 0.317 e. The summed E-state index contributed by atoms with van der Waals surface area (Å²) in [5.41, 5.74) is 1.95. The Bertz CT molecular complexity index is 750. The number of hydrogen-bond acceptors (Lipinski definition) is 3. The van der Waals surface area contributed by atoms with Crippen molar-refractivity contribution >= 4 is 6.03 Å². The molecule has 0 saturated heterocycles. The third-order valence-corrected chi connectivity index (χ3v) is 3.42. The predicted molar refractivity (Wildman–Crippen MR) is 86.0 cm³/mol. The van der Waals surface area contributed by atoms with Gasteiger partial charge in [0.25, 0.3) is 0 Å². The van der Waals surface area contributed by atoms with Crippen LogP contribution in [0.15, 0.2) is 65.5 Å². The van der Waals surface area contributed by atoms with E-state index in [9.17, 15) is 4.79 Å². The Labute approximate surface area is 134 Å². The van der Waals surface area contributed by atoms with Crippen LogP contribution < -0.4 is 5.32 Å². The Hall–Kier alpha value is -3.02. The third kappa shape index (κ3) is 3.79. The largest absolute Gasteiger partial charge is 0.467 e. The Morgan fingerprint density at radius 3 is 2.83 bits per heavy atom. The molecule has 0 spiro atoms. The van der Waals surface area contributed by atoms with E-state index in [4.69, 9.17) is 4.42 Å². The fraction of sp³-hybridized carbons (Fsp3) is 0.176. The minimum absolute atomic E-state index is 0.158. The van der Waals surface area contributed by atoms with Crippen LogP contribution in [0.3, 0.4) is 0 Å². The topological polar surface area (TPSA) is 63.3 Å². The van der Waals surface area contributed by atoms with Crippen LogP contribution in [0.1, 0.15) is 11.3 Å². The van der Waals surface area contributed by atoms with Gasteiger partial charge >= 0.3 is 6.03 Å². The zero-order valence-corrected chi connectivity index (χ0v) is 12.8. The van der Waals surface area contributed by atoms with Gasteiger partial charge in [0.05, 0.1) is 31.2 Å². The Morgan fingerprint density at radius 1 is 1.26 bits per heavy atom. The van der Waals surface area contributed by atoms with Crippen molar-refractivity contribution in [2.45, 2.75) is 13.1 Å². The van der Waals surface area contributed by atoms with Crippen LogP contribution >= 0.6 is 0 Å². The Kier molecular flexibility index (Phi) is 4.42. The van der Waals surface area contributed by atoms with Gasteiger partial charge in [-0.2, -0.15) is 5.10 Å². The van der Waals surface area contributed by atoms with Gasteiger partial charge in [0.1, 0.15) is 5.76 Å². The first-order chi connectivity index (χ1) is 11.2. The highest BCUT2D eigenvalue weighted by Crippen LogP contribution is 2.09. The maximum absolute atomic E-state index is 12.1. The SMILES string of the molecule is CN(Cc1cnn(-c2ccccc2)c1)C(=O)NCc1ccco1. The van der Waals surface area contributed by atoms with Crippen LogP contribution in [0.25, 0.3) is 5.69 Å². The van der Waals surface area contributed by atoms with Gasteiger partial charge in [0, 0.05) is 18.8 Å². The predicted octanol–water partition coefficient (Wildman–Crippen LogP) is 2.81. The molecule has 23 heavy (non-hydrogen) atoms. The fourth-order valence-corrected chi connectivity index (χ4v) is 2.22. The molecule has 2 aromatic heterocycles. The lowest BCUT2D eigenvalue weighted by Gasteiger charge is -2.16. The normalized spacial score (nSPS) is 10.5. The number of nitrogens with one attached hydrogen (secondary N) is 1. The van der Waals surface area contributed by atoms with Crippen molar-refractivity contribution in [3.8, 4) is 5.69 Å². The highest BCUT2D eigenvalue weighted by Gasteiger charge is 2.11. The molecular weight excluding hydrogens is 292 g/mol. The molecule has 0 bridgehead atoms. The quantitative estimate of drug-likeness (QED) is 0.788. The highest BCUT2D eigenvalue weighted by atomic mass is 16.3. The first kappa shape index (κ1) is 14.9. The number of para-hydroxylation sites is 1. The molecule has 118 valence electrons. The summed E-state index contributed by atoms with van der Waals surface area (Å²) in [7, 11) is 1.75. The van der Waals surface area contributed by atoms with E-state index in [-0.39, 0.29) is 6.03 Å². The van der Waals surface area contributed by atoms with Crippen LogP contribution in [-0.2, 0) is 13.1 Å². The second kappa shape index (κ2) is 6.83. The second-order valence-electron chi connectivity index (χ2n) is 5.22. The molecule has 1 N–H and O–H groups in total. The molecule has 2 heterocycles. The number of urea groups is 1. The molecule has 0 aliphatic heterocycles. The van der Waals surface area contributed by atoms with Crippen molar-refractivity contribution in [3.63, 3.8) is 0 Å². The summed E-state index contributed by atoms with van der Waals surface area (Å²) in [5.74, 6) is 0.726. The summed E-state index contributed by atoms with van der Waals surface area (Å²) in [6, 6.07) is 13.3. The average molecular weight is 310 g/mol. The number of nitrogens with zero attached hydrogens (tertiary/aromatic N) is 3. The minimum atomic E-state index is -0.158. The number of carbonyl (C=O) groups is 1. The van der Waals surface area contributed by atoms with Crippen LogP contribution in [0.2, 0.25) is 0 Å². The molecule has 1 aromatic carbocycles. The van der Waals surface area contributed by atoms with Gasteiger partial charge in [-0.05, 0) is 24.3 Å². The number of furan rings is 1. The number of amides is 2. The van der Waals surface area contributed by atoms with Gasteiger partial charge in [0.2, 0.25) is 0 Å². The van der Waals surface area contributed by atoms with E-state index in [2.05, 4.69) is 10.4 Å². The maximum Gasteiger partial charge on any atom is 0.317 e. The van der Waals surface area contributed by atoms with E-state index in [1.165, 1.54) is 0 Å². The Morgan fingerprint density at radius 2 is 2.09 bits per heavy atom. The fourth-order valence-electron chi connectivity index (χ4n) is 2.22. The number of benzene rings is 1. The standard InChI is InChI=1S/C17H18N4O2/c1-20(17(22)18-11-16-8-5-9-23-16)12-14-10-19-21(13-14)15-6-3-2-4-7-15/h2-10,13H,11-12H2,1H3,(H,18,22). The molecule has 0 unspecified atom stereocenters. The van der Waals surface area contributed by atoms with Gasteiger partial charge < -0.3 is 14.6 Å². The van der Waals surface area contributed by atoms with Crippen LogP contribution in [-0.4, -0.2) is 27.8 Å². The lowest BCUT2D eigenvalue weighted by atomic mass is 10.3. The molecule has 0 saturated carbocycles. The first-order valence-electron chi connectivity index (χ1n) is 7.33. The monoisotopic (exact) mass is 310 g/mol. The van der Waals surface area contributed by atoms with Gasteiger partial charge in [0.15, 0.2) is 0 Å². The van der Waals surface area contributed by atoms with Crippen molar-refractivity contribution in [2.75, 3.05) is 7.05 Å². The van der Waals surface area contributed by atoms with Crippen LogP contribution in [0.4, 0.5) is 4.79 Å². The molecular formula is C17H18N4O2. The van der Waals surface area contributed by atoms with E-state index >= 15 is 0 Å². The number of hydrogen-bond donors (Lipinski definition) is 1. The van der Waals surface area contributed by atoms with Crippen molar-refractivity contribution in [1.82, 2.24) is 20.0 Å². The van der Waals surface area contributed by atoms with E-state index < -0.39 is 0 Å². The van der Waals surface area contributed by atoms with E-state index in [1.54, 1.807) is 35.2 Å². The minimum Gasteiger partial charge on any atom is -0.467 e. The molecule has 0 aliphatic rings. The zero-order valence-electron chi connectivity index (χ0n) is 12.8. The molecule has 0 aliphatic carbocycles. The van der Waals surface area contributed by atoms with Crippen molar-refractivity contribution in [3.05, 3.63) is 72.4 Å². The molecule has 0 atom stereocenters. The Balaban J connectivity index is 1.56. The molecule has 3 aromatic rings. The van der Waals surface area contributed by atoms with Gasteiger partial charge in [-0.1, -0.05) is 18.2 Å². The average Bonchev–Trinajstić information content (AvgIpc) is 3.25. The summed E-state index contributed by atoms with van der Waals surface area (Å²) in [6.45, 7) is 0.857. The summed E-state index contributed by atoms with van der Waals surface area (Å²) >= 11 is 0. The van der Waals surface area contributed by atoms with Gasteiger partial charge in [-0.15, -0.1) is 0 Å². The lowest BCUT2D eigenvalue weighted by Crippen LogP contribution is -2.36. The van der Waals surface area contributed by atoms with E-state index in [1.807, 2.05) is 42.6 Å². The zero-order chi connectivity index (χ0) is 16.1. The molecule has 2 amide bonds. The van der Waals surface area contributed by atoms with Gasteiger partial charge in [-0.3, -0.25) is 0 Å². The summed E-state index contributed by atoms with van der Waals surface area (Å²) < 4.78 is 6.98. The first-order valence-corrected chi connectivity index (χ1v) is 7.33. The number of rotatable bonds is 5.